The first-order valence-corrected chi connectivity index (χ1v) is 6.04. The predicted octanol–water partition coefficient (Wildman–Crippen LogP) is 1.95. The number of nitrogen functional groups attached to an aromatic ring is 1. The van der Waals surface area contributed by atoms with E-state index in [4.69, 9.17) is 10.5 Å². The fourth-order valence-corrected chi connectivity index (χ4v) is 1.73. The minimum Gasteiger partial charge on any atom is -0.399 e. The van der Waals surface area contributed by atoms with Gasteiger partial charge in [0.15, 0.2) is 5.82 Å². The van der Waals surface area contributed by atoms with Gasteiger partial charge in [0, 0.05) is 31.5 Å². The molecule has 0 unspecified atom stereocenters. The highest BCUT2D eigenvalue weighted by Gasteiger charge is 2.04. The highest BCUT2D eigenvalue weighted by atomic mass is 16.5. The molecule has 2 aromatic rings. The standard InChI is InChI=1S/C13H18N4O/c1-18-8-3-2-7-17-10-15-13(16-17)11-5-4-6-12(14)9-11/h4-6,9-10H,2-3,7-8,14H2,1H3. The summed E-state index contributed by atoms with van der Waals surface area (Å²) >= 11 is 0. The van der Waals surface area contributed by atoms with Crippen molar-refractivity contribution in [2.45, 2.75) is 19.4 Å². The average Bonchev–Trinajstić information content (AvgIpc) is 2.83. The number of methoxy groups -OCH3 is 1. The molecule has 5 heteroatoms. The van der Waals surface area contributed by atoms with Crippen molar-refractivity contribution in [2.75, 3.05) is 19.5 Å². The van der Waals surface area contributed by atoms with Crippen LogP contribution >= 0.6 is 0 Å². The normalized spacial score (nSPS) is 10.7. The van der Waals surface area contributed by atoms with E-state index in [9.17, 15) is 0 Å². The molecule has 0 amide bonds. The van der Waals surface area contributed by atoms with Crippen LogP contribution in [0.2, 0.25) is 0 Å². The maximum Gasteiger partial charge on any atom is 0.181 e. The van der Waals surface area contributed by atoms with Gasteiger partial charge in [-0.2, -0.15) is 5.10 Å². The summed E-state index contributed by atoms with van der Waals surface area (Å²) in [7, 11) is 1.72. The second-order valence-electron chi connectivity index (χ2n) is 4.16. The summed E-state index contributed by atoms with van der Waals surface area (Å²) in [5.74, 6) is 0.717. The van der Waals surface area contributed by atoms with E-state index >= 15 is 0 Å². The molecule has 0 bridgehead atoms. The number of nitrogens with two attached hydrogens (primary N) is 1. The monoisotopic (exact) mass is 246 g/mol. The van der Waals surface area contributed by atoms with Crippen molar-refractivity contribution in [3.8, 4) is 11.4 Å². The van der Waals surface area contributed by atoms with Gasteiger partial charge in [0.25, 0.3) is 0 Å². The van der Waals surface area contributed by atoms with E-state index in [0.29, 0.717) is 5.82 Å². The number of aromatic nitrogens is 3. The second kappa shape index (κ2) is 6.16. The summed E-state index contributed by atoms with van der Waals surface area (Å²) in [6.07, 6.45) is 3.82. The van der Waals surface area contributed by atoms with Crippen LogP contribution in [-0.2, 0) is 11.3 Å². The lowest BCUT2D eigenvalue weighted by Gasteiger charge is -2.00. The molecule has 96 valence electrons. The number of ether oxygens (including phenoxy) is 1. The summed E-state index contributed by atoms with van der Waals surface area (Å²) < 4.78 is 6.86. The van der Waals surface area contributed by atoms with E-state index in [1.807, 2.05) is 28.9 Å². The van der Waals surface area contributed by atoms with E-state index in [1.165, 1.54) is 0 Å². The molecular weight excluding hydrogens is 228 g/mol. The summed E-state index contributed by atoms with van der Waals surface area (Å²) in [6.45, 7) is 1.65. The number of aryl methyl sites for hydroxylation is 1. The van der Waals surface area contributed by atoms with E-state index in [1.54, 1.807) is 13.4 Å². The lowest BCUT2D eigenvalue weighted by molar-refractivity contribution is 0.191. The van der Waals surface area contributed by atoms with Crippen molar-refractivity contribution in [1.82, 2.24) is 14.8 Å². The number of benzene rings is 1. The van der Waals surface area contributed by atoms with Crippen molar-refractivity contribution in [2.24, 2.45) is 0 Å². The van der Waals surface area contributed by atoms with Gasteiger partial charge in [0.1, 0.15) is 6.33 Å². The van der Waals surface area contributed by atoms with Gasteiger partial charge in [-0.1, -0.05) is 12.1 Å². The third-order valence-electron chi connectivity index (χ3n) is 2.67. The highest BCUT2D eigenvalue weighted by Crippen LogP contribution is 2.16. The molecule has 2 rings (SSSR count). The van der Waals surface area contributed by atoms with E-state index in [-0.39, 0.29) is 0 Å². The molecule has 18 heavy (non-hydrogen) atoms. The highest BCUT2D eigenvalue weighted by molar-refractivity contribution is 5.60. The molecule has 1 aromatic heterocycles. The quantitative estimate of drug-likeness (QED) is 0.625. The summed E-state index contributed by atoms with van der Waals surface area (Å²) in [5.41, 5.74) is 7.42. The molecule has 1 aromatic carbocycles. The third-order valence-corrected chi connectivity index (χ3v) is 2.67. The number of nitrogens with zero attached hydrogens (tertiary/aromatic N) is 3. The molecule has 0 aliphatic heterocycles. The van der Waals surface area contributed by atoms with Crippen LogP contribution in [0.3, 0.4) is 0 Å². The fraction of sp³-hybridized carbons (Fsp3) is 0.385. The molecule has 0 radical (unpaired) electrons. The van der Waals surface area contributed by atoms with Crippen molar-refractivity contribution in [3.05, 3.63) is 30.6 Å². The number of hydrogen-bond acceptors (Lipinski definition) is 4. The maximum atomic E-state index is 5.74. The smallest absolute Gasteiger partial charge is 0.181 e. The number of hydrogen-bond donors (Lipinski definition) is 1. The van der Waals surface area contributed by atoms with Crippen LogP contribution in [-0.4, -0.2) is 28.5 Å². The van der Waals surface area contributed by atoms with Crippen LogP contribution in [0.4, 0.5) is 5.69 Å². The van der Waals surface area contributed by atoms with Crippen LogP contribution < -0.4 is 5.73 Å². The Morgan fingerprint density at radius 1 is 1.33 bits per heavy atom. The summed E-state index contributed by atoms with van der Waals surface area (Å²) in [6, 6.07) is 7.60. The third kappa shape index (κ3) is 3.30. The Balaban J connectivity index is 1.97. The molecule has 5 nitrogen and oxygen atoms in total. The molecule has 0 saturated carbocycles. The summed E-state index contributed by atoms with van der Waals surface area (Å²) in [5, 5.41) is 4.43. The minimum absolute atomic E-state index is 0.717. The van der Waals surface area contributed by atoms with Gasteiger partial charge in [0.2, 0.25) is 0 Å². The van der Waals surface area contributed by atoms with Gasteiger partial charge >= 0.3 is 0 Å². The van der Waals surface area contributed by atoms with Crippen LogP contribution in [0.15, 0.2) is 30.6 Å². The molecule has 2 N–H and O–H groups in total. The van der Waals surface area contributed by atoms with Crippen LogP contribution in [0, 0.1) is 0 Å². The number of anilines is 1. The Labute approximate surface area is 107 Å². The molecular formula is C13H18N4O. The van der Waals surface area contributed by atoms with Gasteiger partial charge in [0.05, 0.1) is 0 Å². The van der Waals surface area contributed by atoms with Crippen LogP contribution in [0.25, 0.3) is 11.4 Å². The first-order chi connectivity index (χ1) is 8.79. The molecule has 0 spiro atoms. The first-order valence-electron chi connectivity index (χ1n) is 6.04. The van der Waals surface area contributed by atoms with Crippen molar-refractivity contribution in [1.29, 1.82) is 0 Å². The van der Waals surface area contributed by atoms with Crippen LogP contribution in [0.5, 0.6) is 0 Å². The molecule has 0 atom stereocenters. The fourth-order valence-electron chi connectivity index (χ4n) is 1.73. The Hall–Kier alpha value is -1.88. The zero-order valence-corrected chi connectivity index (χ0v) is 10.5. The summed E-state index contributed by atoms with van der Waals surface area (Å²) in [4.78, 5) is 4.29. The lowest BCUT2D eigenvalue weighted by atomic mass is 10.2. The maximum absolute atomic E-state index is 5.74. The Morgan fingerprint density at radius 3 is 3.00 bits per heavy atom. The molecule has 1 heterocycles. The molecule has 0 aliphatic rings. The van der Waals surface area contributed by atoms with E-state index in [2.05, 4.69) is 10.1 Å². The average molecular weight is 246 g/mol. The molecule has 0 fully saturated rings. The van der Waals surface area contributed by atoms with Gasteiger partial charge in [-0.3, -0.25) is 4.68 Å². The second-order valence-corrected chi connectivity index (χ2v) is 4.16. The Kier molecular flexibility index (Phi) is 4.30. The van der Waals surface area contributed by atoms with Crippen molar-refractivity contribution in [3.63, 3.8) is 0 Å². The van der Waals surface area contributed by atoms with Gasteiger partial charge in [-0.25, -0.2) is 4.98 Å². The van der Waals surface area contributed by atoms with Gasteiger partial charge in [-0.05, 0) is 25.0 Å². The zero-order chi connectivity index (χ0) is 12.8. The van der Waals surface area contributed by atoms with Crippen LogP contribution in [0.1, 0.15) is 12.8 Å². The molecule has 0 aliphatic carbocycles. The van der Waals surface area contributed by atoms with Crippen molar-refractivity contribution < 1.29 is 4.74 Å². The zero-order valence-electron chi connectivity index (χ0n) is 10.5. The van der Waals surface area contributed by atoms with E-state index < -0.39 is 0 Å². The van der Waals surface area contributed by atoms with Gasteiger partial charge < -0.3 is 10.5 Å². The van der Waals surface area contributed by atoms with Crippen molar-refractivity contribution >= 4 is 5.69 Å². The van der Waals surface area contributed by atoms with E-state index in [0.717, 1.165) is 37.2 Å². The topological polar surface area (TPSA) is 66.0 Å². The SMILES string of the molecule is COCCCCn1cnc(-c2cccc(N)c2)n1. The Morgan fingerprint density at radius 2 is 2.22 bits per heavy atom. The minimum atomic E-state index is 0.717. The Bertz CT molecular complexity index is 495. The first kappa shape index (κ1) is 12.6. The lowest BCUT2D eigenvalue weighted by Crippen LogP contribution is -2.00. The molecule has 0 saturated heterocycles. The number of unbranched alkanes of at least 4 members (excludes halogenated alkanes) is 1. The van der Waals surface area contributed by atoms with Gasteiger partial charge in [-0.15, -0.1) is 0 Å². The number of rotatable bonds is 6. The predicted molar refractivity (Wildman–Crippen MR) is 71.0 cm³/mol. The largest absolute Gasteiger partial charge is 0.399 e.